The molecule has 3 heterocycles. The summed E-state index contributed by atoms with van der Waals surface area (Å²) < 4.78 is 26.4. The zero-order chi connectivity index (χ0) is 25.4. The monoisotopic (exact) mass is 576 g/mol. The second kappa shape index (κ2) is 15.8. The molecule has 0 spiro atoms. The van der Waals surface area contributed by atoms with Crippen LogP contribution >= 0.6 is 0 Å². The van der Waals surface area contributed by atoms with Crippen LogP contribution in [-0.4, -0.2) is 190 Å². The van der Waals surface area contributed by atoms with E-state index in [9.17, 15) is 56.2 Å². The zero-order valence-corrected chi connectivity index (χ0v) is 19.8. The summed E-state index contributed by atoms with van der Waals surface area (Å²) in [6.07, 6.45) is -21.8. The van der Waals surface area contributed by atoms with Gasteiger partial charge in [0.15, 0.2) is 12.6 Å². The molecule has 3 fully saturated rings. The Bertz CT molecular complexity index is 657. The van der Waals surface area contributed by atoms with Crippen molar-refractivity contribution in [1.29, 1.82) is 0 Å². The van der Waals surface area contributed by atoms with Crippen LogP contribution in [0.3, 0.4) is 0 Å². The molecule has 0 amide bonds. The molecule has 19 N–H and O–H groups in total. The molecule has 3 saturated heterocycles. The second-order valence-electron chi connectivity index (χ2n) is 8.41. The first kappa shape index (κ1) is 39.3. The minimum Gasteiger partial charge on any atom is -0.412 e. The molecule has 0 radical (unpaired) electrons. The van der Waals surface area contributed by atoms with Crippen LogP contribution in [0.15, 0.2) is 0 Å². The first-order chi connectivity index (χ1) is 16.0. The van der Waals surface area contributed by atoms with E-state index in [1.54, 1.807) is 0 Å². The van der Waals surface area contributed by atoms with Crippen molar-refractivity contribution in [2.45, 2.75) is 85.5 Å². The average molecular weight is 576 g/mol. The van der Waals surface area contributed by atoms with Crippen molar-refractivity contribution in [3.05, 3.63) is 0 Å². The molecule has 0 bridgehead atoms. The molecule has 0 saturated carbocycles. The Morgan fingerprint density at radius 2 is 1.03 bits per heavy atom. The van der Waals surface area contributed by atoms with Crippen molar-refractivity contribution < 1.29 is 102 Å². The highest BCUT2D eigenvalue weighted by Gasteiger charge is 2.58. The Balaban J connectivity index is 0. The summed E-state index contributed by atoms with van der Waals surface area (Å²) in [5, 5.41) is 109. The summed E-state index contributed by atoms with van der Waals surface area (Å²) >= 11 is 0. The lowest BCUT2D eigenvalue weighted by molar-refractivity contribution is -0.388. The first-order valence-corrected chi connectivity index (χ1v) is 10.6. The molecule has 232 valence electrons. The minimum absolute atomic E-state index is 0. The number of rotatable bonds is 8. The van der Waals surface area contributed by atoms with Crippen molar-refractivity contribution in [3.63, 3.8) is 0 Å². The van der Waals surface area contributed by atoms with Crippen molar-refractivity contribution in [1.82, 2.24) is 0 Å². The van der Waals surface area contributed by atoms with Crippen molar-refractivity contribution >= 4 is 0 Å². The first-order valence-electron chi connectivity index (χ1n) is 10.6. The van der Waals surface area contributed by atoms with Gasteiger partial charge in [-0.2, -0.15) is 0 Å². The molecule has 3 rings (SSSR count). The van der Waals surface area contributed by atoms with Gasteiger partial charge in [-0.1, -0.05) is 0 Å². The van der Waals surface area contributed by atoms with Crippen LogP contribution in [0.4, 0.5) is 0 Å². The maximum atomic E-state index is 10.3. The van der Waals surface area contributed by atoms with Gasteiger partial charge in [-0.3, -0.25) is 0 Å². The van der Waals surface area contributed by atoms with Gasteiger partial charge in [-0.25, -0.2) is 0 Å². The van der Waals surface area contributed by atoms with E-state index >= 15 is 0 Å². The summed E-state index contributed by atoms with van der Waals surface area (Å²) in [6.45, 7) is -3.14. The number of aliphatic hydroxyl groups excluding tert-OH is 11. The van der Waals surface area contributed by atoms with Crippen LogP contribution in [-0.2, 0) is 23.7 Å². The normalized spacial score (nSPS) is 46.7. The number of hydrogen-bond acceptors (Lipinski definition) is 16. The third-order valence-corrected chi connectivity index (χ3v) is 6.16. The molecule has 0 aromatic rings. The van der Waals surface area contributed by atoms with Crippen LogP contribution < -0.4 is 0 Å². The van der Waals surface area contributed by atoms with Crippen LogP contribution in [0, 0.1) is 0 Å². The molecule has 14 atom stereocenters. The van der Waals surface area contributed by atoms with Gasteiger partial charge in [0.2, 0.25) is 5.79 Å². The Hall–Kier alpha value is -0.800. The third-order valence-electron chi connectivity index (χ3n) is 6.16. The smallest absolute Gasteiger partial charge is 0.224 e. The van der Waals surface area contributed by atoms with E-state index in [0.717, 1.165) is 0 Å². The second-order valence-corrected chi connectivity index (χ2v) is 8.41. The summed E-state index contributed by atoms with van der Waals surface area (Å²) in [5.41, 5.74) is 0. The quantitative estimate of drug-likeness (QED) is 0.128. The van der Waals surface area contributed by atoms with E-state index in [1.807, 2.05) is 0 Å². The van der Waals surface area contributed by atoms with E-state index in [0.29, 0.717) is 0 Å². The molecule has 3 aliphatic heterocycles. The van der Waals surface area contributed by atoms with Gasteiger partial charge in [-0.05, 0) is 0 Å². The predicted molar refractivity (Wildman–Crippen MR) is 116 cm³/mol. The lowest BCUT2D eigenvalue weighted by atomic mass is 9.98. The van der Waals surface area contributed by atoms with Crippen molar-refractivity contribution in [3.8, 4) is 0 Å². The maximum Gasteiger partial charge on any atom is 0.224 e. The summed E-state index contributed by atoms with van der Waals surface area (Å²) in [6, 6.07) is 0. The zero-order valence-electron chi connectivity index (χ0n) is 19.8. The summed E-state index contributed by atoms with van der Waals surface area (Å²) in [4.78, 5) is 0. The van der Waals surface area contributed by atoms with Gasteiger partial charge in [-0.15, -0.1) is 0 Å². The topological polar surface area (TPSA) is 395 Å². The lowest BCUT2D eigenvalue weighted by Crippen LogP contribution is -2.63. The highest BCUT2D eigenvalue weighted by molar-refractivity contribution is 4.98. The molecule has 20 nitrogen and oxygen atoms in total. The third kappa shape index (κ3) is 7.28. The van der Waals surface area contributed by atoms with Gasteiger partial charge in [0, 0.05) is 0 Å². The standard InChI is InChI=1S/C18H32O16.4H2O/c19-1-5-8(22)11(25)13(27)16(31-5)30-3-7-9(23)12(26)14(28)17(32-7)34-18(4-21)15(29)10(24)6(2-20)33-18;;;;/h5-17,19-29H,1-4H2;4*1H2/t5-,6-,7-,8+,9-,10-,11+,12+,13-,14-,15+,16+,17-,18+;;;;/m1..../s1. The molecule has 3 aliphatic rings. The largest absolute Gasteiger partial charge is 0.412 e. The van der Waals surface area contributed by atoms with E-state index < -0.39 is 112 Å². The van der Waals surface area contributed by atoms with Gasteiger partial charge in [0.05, 0.1) is 19.8 Å². The fourth-order valence-electron chi connectivity index (χ4n) is 4.01. The SMILES string of the molecule is O.O.O.O.OC[C@H]1O[C@H](OC[C@H]2O[C@H](O[C@]3(CO)O[C@H](CO)[C@@H](O)[C@@H]3O)[C@H](O)[C@@H](O)[C@@H]2O)[C@H](O)[C@@H](O)[C@H]1O. The molecular weight excluding hydrogens is 536 g/mol. The summed E-state index contributed by atoms with van der Waals surface area (Å²) in [7, 11) is 0. The minimum atomic E-state index is -2.36. The number of hydrogen-bond donors (Lipinski definition) is 11. The van der Waals surface area contributed by atoms with Gasteiger partial charge >= 0.3 is 0 Å². The van der Waals surface area contributed by atoms with Crippen molar-refractivity contribution in [2.24, 2.45) is 0 Å². The Morgan fingerprint density at radius 1 is 0.553 bits per heavy atom. The predicted octanol–water partition coefficient (Wildman–Crippen LogP) is -10.9. The van der Waals surface area contributed by atoms with Gasteiger partial charge in [0.1, 0.15) is 73.8 Å². The van der Waals surface area contributed by atoms with E-state index in [-0.39, 0.29) is 21.9 Å². The molecular formula is C18H40O20. The highest BCUT2D eigenvalue weighted by atomic mass is 16.8. The summed E-state index contributed by atoms with van der Waals surface area (Å²) in [5.74, 6) is -2.36. The van der Waals surface area contributed by atoms with E-state index in [4.69, 9.17) is 23.7 Å². The van der Waals surface area contributed by atoms with E-state index in [1.165, 1.54) is 0 Å². The van der Waals surface area contributed by atoms with Gasteiger partial charge < -0.3 is 102 Å². The molecule has 0 aromatic heterocycles. The molecule has 20 heteroatoms. The Kier molecular flexibility index (Phi) is 16.4. The molecule has 0 aromatic carbocycles. The molecule has 0 aliphatic carbocycles. The van der Waals surface area contributed by atoms with Crippen molar-refractivity contribution in [2.75, 3.05) is 26.4 Å². The van der Waals surface area contributed by atoms with Crippen LogP contribution in [0.1, 0.15) is 0 Å². The van der Waals surface area contributed by atoms with E-state index in [2.05, 4.69) is 0 Å². The Morgan fingerprint density at radius 3 is 1.50 bits per heavy atom. The number of ether oxygens (including phenoxy) is 5. The number of aliphatic hydroxyl groups is 11. The van der Waals surface area contributed by atoms with Crippen LogP contribution in [0.2, 0.25) is 0 Å². The Labute approximate surface area is 214 Å². The maximum absolute atomic E-state index is 10.3. The molecule has 38 heavy (non-hydrogen) atoms. The fraction of sp³-hybridized carbons (Fsp3) is 1.00. The lowest BCUT2D eigenvalue weighted by Gasteiger charge is -2.44. The average Bonchev–Trinajstić information content (AvgIpc) is 3.08. The fourth-order valence-corrected chi connectivity index (χ4v) is 4.01. The van der Waals surface area contributed by atoms with Crippen LogP contribution in [0.25, 0.3) is 0 Å². The highest BCUT2D eigenvalue weighted by Crippen LogP contribution is 2.36. The van der Waals surface area contributed by atoms with Crippen LogP contribution in [0.5, 0.6) is 0 Å². The molecule has 0 unspecified atom stereocenters. The van der Waals surface area contributed by atoms with Gasteiger partial charge in [0.25, 0.3) is 0 Å².